The van der Waals surface area contributed by atoms with Gasteiger partial charge in [-0.3, -0.25) is 14.4 Å². The number of alkyl halides is 3. The zero-order valence-electron chi connectivity index (χ0n) is 20.3. The lowest BCUT2D eigenvalue weighted by molar-refractivity contribution is -0.137. The van der Waals surface area contributed by atoms with Crippen molar-refractivity contribution in [3.05, 3.63) is 82.3 Å². The smallest absolute Gasteiger partial charge is 0.418 e. The molecule has 3 aromatic rings. The van der Waals surface area contributed by atoms with Gasteiger partial charge in [0.1, 0.15) is 11.5 Å². The Morgan fingerprint density at radius 3 is 2.33 bits per heavy atom. The van der Waals surface area contributed by atoms with Gasteiger partial charge < -0.3 is 20.1 Å². The number of nitrogens with one attached hydrogen (secondary N) is 3. The van der Waals surface area contributed by atoms with Crippen LogP contribution in [0.3, 0.4) is 0 Å². The van der Waals surface area contributed by atoms with Crippen molar-refractivity contribution in [3.8, 4) is 11.5 Å². The maximum atomic E-state index is 13.2. The van der Waals surface area contributed by atoms with Gasteiger partial charge in [-0.1, -0.05) is 28.1 Å². The molecule has 3 N–H and O–H groups in total. The first-order chi connectivity index (χ1) is 18.6. The Kier molecular flexibility index (Phi) is 10.0. The summed E-state index contributed by atoms with van der Waals surface area (Å²) in [4.78, 5) is 36.3. The number of nitrogens with zero attached hydrogens (tertiary/aromatic N) is 1. The molecule has 0 spiro atoms. The predicted octanol–water partition coefficient (Wildman–Crippen LogP) is 4.97. The average Bonchev–Trinajstić information content (AvgIpc) is 2.90. The molecule has 0 fully saturated rings. The summed E-state index contributed by atoms with van der Waals surface area (Å²) in [6, 6.07) is 16.1. The quantitative estimate of drug-likeness (QED) is 0.180. The van der Waals surface area contributed by atoms with Crippen LogP contribution in [0.4, 0.5) is 24.5 Å². The standard InChI is InChI=1S/C26H22BrF3N4O5/c1-2-38-22-6-4-3-5-21(22)33-24(36)25(37)34-31-14-16-7-10-18(11-8-16)39-15-23(35)32-20-12-9-17(27)13-19(20)26(28,29)30/h3-14H,2,15H2,1H3,(H,32,35)(H,33,36)(H,34,37)/b31-14-. The van der Waals surface area contributed by atoms with E-state index in [1.165, 1.54) is 24.4 Å². The molecule has 0 radical (unpaired) electrons. The van der Waals surface area contributed by atoms with Crippen LogP contribution in [0.2, 0.25) is 0 Å². The number of hydrogen-bond donors (Lipinski definition) is 3. The monoisotopic (exact) mass is 606 g/mol. The lowest BCUT2D eigenvalue weighted by atomic mass is 10.1. The molecule has 9 nitrogen and oxygen atoms in total. The molecule has 0 aliphatic heterocycles. The second kappa shape index (κ2) is 13.4. The van der Waals surface area contributed by atoms with Gasteiger partial charge in [0.2, 0.25) is 0 Å². The largest absolute Gasteiger partial charge is 0.492 e. The zero-order chi connectivity index (χ0) is 28.4. The molecule has 39 heavy (non-hydrogen) atoms. The first kappa shape index (κ1) is 29.2. The van der Waals surface area contributed by atoms with Crippen molar-refractivity contribution in [1.82, 2.24) is 5.43 Å². The van der Waals surface area contributed by atoms with Crippen LogP contribution in [0, 0.1) is 0 Å². The fourth-order valence-corrected chi connectivity index (χ4v) is 3.45. The fraction of sp³-hybridized carbons (Fsp3) is 0.154. The maximum Gasteiger partial charge on any atom is 0.418 e. The van der Waals surface area contributed by atoms with Gasteiger partial charge in [-0.15, -0.1) is 0 Å². The summed E-state index contributed by atoms with van der Waals surface area (Å²) in [5, 5.41) is 8.37. The number of hydrazone groups is 1. The molecular formula is C26H22BrF3N4O5. The Morgan fingerprint density at radius 2 is 1.64 bits per heavy atom. The van der Waals surface area contributed by atoms with E-state index in [1.54, 1.807) is 43.3 Å². The minimum Gasteiger partial charge on any atom is -0.492 e. The third-order valence-corrected chi connectivity index (χ3v) is 5.33. The average molecular weight is 607 g/mol. The van der Waals surface area contributed by atoms with Crippen molar-refractivity contribution in [3.63, 3.8) is 0 Å². The van der Waals surface area contributed by atoms with Crippen molar-refractivity contribution >= 4 is 51.2 Å². The van der Waals surface area contributed by atoms with Gasteiger partial charge in [-0.25, -0.2) is 5.43 Å². The van der Waals surface area contributed by atoms with Crippen LogP contribution in [-0.4, -0.2) is 37.1 Å². The first-order valence-corrected chi connectivity index (χ1v) is 12.1. The highest BCUT2D eigenvalue weighted by Gasteiger charge is 2.34. The van der Waals surface area contributed by atoms with Gasteiger partial charge in [0.25, 0.3) is 5.91 Å². The summed E-state index contributed by atoms with van der Waals surface area (Å²) < 4.78 is 50.6. The van der Waals surface area contributed by atoms with E-state index in [9.17, 15) is 27.6 Å². The van der Waals surface area contributed by atoms with E-state index >= 15 is 0 Å². The third kappa shape index (κ3) is 8.85. The minimum atomic E-state index is -4.65. The summed E-state index contributed by atoms with van der Waals surface area (Å²) in [6.07, 6.45) is -3.37. The van der Waals surface area contributed by atoms with Crippen LogP contribution in [0.15, 0.2) is 76.3 Å². The van der Waals surface area contributed by atoms with Crippen molar-refractivity contribution < 1.29 is 37.0 Å². The van der Waals surface area contributed by atoms with Gasteiger partial charge >= 0.3 is 18.0 Å². The van der Waals surface area contributed by atoms with E-state index in [4.69, 9.17) is 9.47 Å². The Morgan fingerprint density at radius 1 is 0.923 bits per heavy atom. The van der Waals surface area contributed by atoms with Crippen LogP contribution in [0.5, 0.6) is 11.5 Å². The number of halogens is 4. The maximum absolute atomic E-state index is 13.2. The first-order valence-electron chi connectivity index (χ1n) is 11.3. The lowest BCUT2D eigenvalue weighted by Gasteiger charge is -2.14. The Hall–Kier alpha value is -4.39. The molecule has 0 aliphatic carbocycles. The number of anilines is 2. The van der Waals surface area contributed by atoms with E-state index in [2.05, 4.69) is 37.1 Å². The highest BCUT2D eigenvalue weighted by Crippen LogP contribution is 2.36. The lowest BCUT2D eigenvalue weighted by Crippen LogP contribution is -2.32. The van der Waals surface area contributed by atoms with Crippen LogP contribution >= 0.6 is 15.9 Å². The fourth-order valence-electron chi connectivity index (χ4n) is 3.09. The van der Waals surface area contributed by atoms with Crippen molar-refractivity contribution in [1.29, 1.82) is 0 Å². The van der Waals surface area contributed by atoms with E-state index in [-0.39, 0.29) is 15.9 Å². The van der Waals surface area contributed by atoms with Crippen molar-refractivity contribution in [2.24, 2.45) is 5.10 Å². The number of ether oxygens (including phenoxy) is 2. The molecule has 0 saturated heterocycles. The number of amides is 3. The summed E-state index contributed by atoms with van der Waals surface area (Å²) >= 11 is 2.98. The number of benzene rings is 3. The second-order valence-electron chi connectivity index (χ2n) is 7.68. The van der Waals surface area contributed by atoms with Crippen LogP contribution < -0.4 is 25.5 Å². The molecule has 0 aliphatic rings. The number of rotatable bonds is 9. The Bertz CT molecular complexity index is 1360. The molecule has 0 bridgehead atoms. The minimum absolute atomic E-state index is 0.221. The molecule has 0 atom stereocenters. The van der Waals surface area contributed by atoms with E-state index in [1.807, 2.05) is 0 Å². The topological polar surface area (TPSA) is 118 Å². The summed E-state index contributed by atoms with van der Waals surface area (Å²) in [7, 11) is 0. The molecule has 0 unspecified atom stereocenters. The molecular weight excluding hydrogens is 585 g/mol. The molecule has 0 heterocycles. The molecule has 3 rings (SSSR count). The molecule has 204 valence electrons. The van der Waals surface area contributed by atoms with Gasteiger partial charge in [0.05, 0.1) is 29.8 Å². The van der Waals surface area contributed by atoms with Gasteiger partial charge in [-0.2, -0.15) is 18.3 Å². The van der Waals surface area contributed by atoms with Crippen molar-refractivity contribution in [2.75, 3.05) is 23.8 Å². The zero-order valence-corrected chi connectivity index (χ0v) is 21.9. The number of carbonyl (C=O) groups excluding carboxylic acids is 3. The van der Waals surface area contributed by atoms with Crippen LogP contribution in [-0.2, 0) is 20.6 Å². The molecule has 3 aromatic carbocycles. The molecule has 3 amide bonds. The number of carbonyl (C=O) groups is 3. The molecule has 13 heteroatoms. The highest BCUT2D eigenvalue weighted by atomic mass is 79.9. The second-order valence-corrected chi connectivity index (χ2v) is 8.59. The summed E-state index contributed by atoms with van der Waals surface area (Å²) in [5.41, 5.74) is 1.59. The Labute approximate surface area is 229 Å². The SMILES string of the molecule is CCOc1ccccc1NC(=O)C(=O)N/N=C\c1ccc(OCC(=O)Nc2ccc(Br)cc2C(F)(F)F)cc1. The normalized spacial score (nSPS) is 11.1. The summed E-state index contributed by atoms with van der Waals surface area (Å²) in [5.74, 6) is -2.03. The molecule has 0 saturated carbocycles. The predicted molar refractivity (Wildman–Crippen MR) is 142 cm³/mol. The van der Waals surface area contributed by atoms with E-state index in [0.717, 1.165) is 12.1 Å². The van der Waals surface area contributed by atoms with E-state index < -0.39 is 36.1 Å². The van der Waals surface area contributed by atoms with Crippen molar-refractivity contribution in [2.45, 2.75) is 13.1 Å². The van der Waals surface area contributed by atoms with Crippen LogP contribution in [0.1, 0.15) is 18.1 Å². The number of hydrogen-bond acceptors (Lipinski definition) is 6. The van der Waals surface area contributed by atoms with Gasteiger partial charge in [0.15, 0.2) is 6.61 Å². The van der Waals surface area contributed by atoms with E-state index in [0.29, 0.717) is 23.6 Å². The van der Waals surface area contributed by atoms with Gasteiger partial charge in [-0.05, 0) is 67.1 Å². The Balaban J connectivity index is 1.48. The highest BCUT2D eigenvalue weighted by molar-refractivity contribution is 9.10. The van der Waals surface area contributed by atoms with Gasteiger partial charge in [0, 0.05) is 4.47 Å². The third-order valence-electron chi connectivity index (χ3n) is 4.83. The summed E-state index contributed by atoms with van der Waals surface area (Å²) in [6.45, 7) is 1.64. The number of para-hydroxylation sites is 2. The van der Waals surface area contributed by atoms with Crippen LogP contribution in [0.25, 0.3) is 0 Å². The molecule has 0 aromatic heterocycles.